The lowest BCUT2D eigenvalue weighted by molar-refractivity contribution is 0.0266. The molecule has 2 aliphatic rings. The molecule has 0 spiro atoms. The van der Waals surface area contributed by atoms with E-state index in [0.29, 0.717) is 11.5 Å². The van der Waals surface area contributed by atoms with Crippen LogP contribution in [0.5, 0.6) is 0 Å². The molecular weight excluding hydrogens is 124 g/mol. The van der Waals surface area contributed by atoms with Crippen LogP contribution in [0.1, 0.15) is 33.1 Å². The second-order valence-corrected chi connectivity index (χ2v) is 4.37. The lowest BCUT2D eigenvalue weighted by Gasteiger charge is -2.25. The third-order valence-electron chi connectivity index (χ3n) is 3.14. The third kappa shape index (κ3) is 0.800. The van der Waals surface area contributed by atoms with Gasteiger partial charge in [0.25, 0.3) is 0 Å². The van der Waals surface area contributed by atoms with Crippen LogP contribution in [-0.2, 0) is 4.74 Å². The first-order valence-corrected chi connectivity index (χ1v) is 4.32. The van der Waals surface area contributed by atoms with Crippen molar-refractivity contribution >= 4 is 0 Å². The fraction of sp³-hybridized carbons (Fsp3) is 1.00. The molecule has 1 nitrogen and oxygen atoms in total. The van der Waals surface area contributed by atoms with Crippen LogP contribution in [0, 0.1) is 11.3 Å². The smallest absolute Gasteiger partial charge is 0.0654 e. The van der Waals surface area contributed by atoms with Gasteiger partial charge in [-0.05, 0) is 30.6 Å². The fourth-order valence-corrected chi connectivity index (χ4v) is 2.49. The molecule has 1 heterocycles. The van der Waals surface area contributed by atoms with E-state index in [1.165, 1.54) is 19.3 Å². The highest BCUT2D eigenvalue weighted by Gasteiger charge is 2.45. The summed E-state index contributed by atoms with van der Waals surface area (Å²) in [5.41, 5.74) is 0.473. The Bertz CT molecular complexity index is 140. The minimum absolute atomic E-state index is 0.473. The maximum absolute atomic E-state index is 5.69. The highest BCUT2D eigenvalue weighted by atomic mass is 16.5. The standard InChI is InChI=1S/C9H16O/c1-9(2)5-3-7-4-6-10-8(7)9/h7-8H,3-6H2,1-2H3. The third-order valence-corrected chi connectivity index (χ3v) is 3.14. The van der Waals surface area contributed by atoms with Crippen LogP contribution in [0.15, 0.2) is 0 Å². The van der Waals surface area contributed by atoms with Crippen molar-refractivity contribution in [3.05, 3.63) is 0 Å². The van der Waals surface area contributed by atoms with E-state index in [4.69, 9.17) is 4.74 Å². The zero-order chi connectivity index (χ0) is 7.19. The summed E-state index contributed by atoms with van der Waals surface area (Å²) in [5, 5.41) is 0. The Kier molecular flexibility index (Phi) is 1.31. The average molecular weight is 140 g/mol. The van der Waals surface area contributed by atoms with Crippen LogP contribution in [-0.4, -0.2) is 12.7 Å². The second kappa shape index (κ2) is 1.97. The number of hydrogen-bond donors (Lipinski definition) is 0. The van der Waals surface area contributed by atoms with Gasteiger partial charge in [0.15, 0.2) is 0 Å². The number of rotatable bonds is 0. The second-order valence-electron chi connectivity index (χ2n) is 4.37. The van der Waals surface area contributed by atoms with Crippen molar-refractivity contribution in [2.45, 2.75) is 39.2 Å². The Morgan fingerprint density at radius 2 is 2.10 bits per heavy atom. The van der Waals surface area contributed by atoms with Crippen LogP contribution < -0.4 is 0 Å². The molecule has 1 aliphatic carbocycles. The molecule has 0 aromatic heterocycles. The van der Waals surface area contributed by atoms with Gasteiger partial charge in [0.2, 0.25) is 0 Å². The van der Waals surface area contributed by atoms with Crippen molar-refractivity contribution in [2.75, 3.05) is 6.61 Å². The molecule has 0 radical (unpaired) electrons. The minimum Gasteiger partial charge on any atom is -0.377 e. The molecule has 1 saturated heterocycles. The molecule has 2 rings (SSSR count). The summed E-state index contributed by atoms with van der Waals surface area (Å²) in [6, 6.07) is 0. The molecule has 0 N–H and O–H groups in total. The molecule has 1 aliphatic heterocycles. The van der Waals surface area contributed by atoms with E-state index in [1.807, 2.05) is 0 Å². The van der Waals surface area contributed by atoms with Crippen molar-refractivity contribution in [1.29, 1.82) is 0 Å². The Morgan fingerprint density at radius 3 is 2.80 bits per heavy atom. The summed E-state index contributed by atoms with van der Waals surface area (Å²) in [4.78, 5) is 0. The van der Waals surface area contributed by atoms with Gasteiger partial charge in [0.05, 0.1) is 6.10 Å². The first-order valence-electron chi connectivity index (χ1n) is 4.32. The molecule has 0 aromatic rings. The lowest BCUT2D eigenvalue weighted by atomic mass is 9.88. The zero-order valence-corrected chi connectivity index (χ0v) is 6.89. The summed E-state index contributed by atoms with van der Waals surface area (Å²) < 4.78 is 5.69. The van der Waals surface area contributed by atoms with Crippen molar-refractivity contribution in [3.8, 4) is 0 Å². The Hall–Kier alpha value is -0.0400. The van der Waals surface area contributed by atoms with Gasteiger partial charge in [-0.25, -0.2) is 0 Å². The van der Waals surface area contributed by atoms with Crippen molar-refractivity contribution in [2.24, 2.45) is 11.3 Å². The maximum atomic E-state index is 5.69. The minimum atomic E-state index is 0.473. The van der Waals surface area contributed by atoms with Gasteiger partial charge in [0, 0.05) is 6.61 Å². The molecule has 1 heteroatoms. The van der Waals surface area contributed by atoms with Gasteiger partial charge in [-0.3, -0.25) is 0 Å². The average Bonchev–Trinajstić information content (AvgIpc) is 2.36. The van der Waals surface area contributed by atoms with E-state index >= 15 is 0 Å². The Labute approximate surface area is 62.8 Å². The lowest BCUT2D eigenvalue weighted by Crippen LogP contribution is -2.25. The number of fused-ring (bicyclic) bond motifs is 1. The first kappa shape index (κ1) is 6.66. The summed E-state index contributed by atoms with van der Waals surface area (Å²) in [6.45, 7) is 5.69. The number of hydrogen-bond acceptors (Lipinski definition) is 1. The fourth-order valence-electron chi connectivity index (χ4n) is 2.49. The van der Waals surface area contributed by atoms with Crippen LogP contribution in [0.25, 0.3) is 0 Å². The van der Waals surface area contributed by atoms with Gasteiger partial charge < -0.3 is 4.74 Å². The highest BCUT2D eigenvalue weighted by Crippen LogP contribution is 2.47. The molecule has 0 bridgehead atoms. The van der Waals surface area contributed by atoms with Gasteiger partial charge in [0.1, 0.15) is 0 Å². The van der Waals surface area contributed by atoms with E-state index in [9.17, 15) is 0 Å². The van der Waals surface area contributed by atoms with E-state index < -0.39 is 0 Å². The molecule has 10 heavy (non-hydrogen) atoms. The molecular formula is C9H16O. The molecule has 0 aromatic carbocycles. The summed E-state index contributed by atoms with van der Waals surface area (Å²) in [6.07, 6.45) is 4.67. The number of ether oxygens (including phenoxy) is 1. The maximum Gasteiger partial charge on any atom is 0.0654 e. The first-order chi connectivity index (χ1) is 4.70. The van der Waals surface area contributed by atoms with Gasteiger partial charge >= 0.3 is 0 Å². The molecule has 2 unspecified atom stereocenters. The Morgan fingerprint density at radius 1 is 1.30 bits per heavy atom. The topological polar surface area (TPSA) is 9.23 Å². The van der Waals surface area contributed by atoms with Crippen LogP contribution in [0.4, 0.5) is 0 Å². The van der Waals surface area contributed by atoms with Crippen molar-refractivity contribution < 1.29 is 4.74 Å². The van der Waals surface area contributed by atoms with Crippen LogP contribution >= 0.6 is 0 Å². The molecule has 58 valence electrons. The van der Waals surface area contributed by atoms with E-state index in [0.717, 1.165) is 12.5 Å². The zero-order valence-electron chi connectivity index (χ0n) is 6.89. The van der Waals surface area contributed by atoms with Crippen LogP contribution in [0.2, 0.25) is 0 Å². The SMILES string of the molecule is CC1(C)CCC2CCOC21. The van der Waals surface area contributed by atoms with Gasteiger partial charge in [-0.15, -0.1) is 0 Å². The van der Waals surface area contributed by atoms with E-state index in [2.05, 4.69) is 13.8 Å². The molecule has 0 amide bonds. The van der Waals surface area contributed by atoms with Crippen LogP contribution in [0.3, 0.4) is 0 Å². The molecule has 2 atom stereocenters. The van der Waals surface area contributed by atoms with Crippen molar-refractivity contribution in [1.82, 2.24) is 0 Å². The Balaban J connectivity index is 2.16. The molecule has 2 fully saturated rings. The van der Waals surface area contributed by atoms with E-state index in [-0.39, 0.29) is 0 Å². The van der Waals surface area contributed by atoms with E-state index in [1.54, 1.807) is 0 Å². The van der Waals surface area contributed by atoms with Crippen molar-refractivity contribution in [3.63, 3.8) is 0 Å². The van der Waals surface area contributed by atoms with Gasteiger partial charge in [-0.2, -0.15) is 0 Å². The summed E-state index contributed by atoms with van der Waals surface area (Å²) in [5.74, 6) is 0.898. The highest BCUT2D eigenvalue weighted by molar-refractivity contribution is 4.94. The predicted molar refractivity (Wildman–Crippen MR) is 40.9 cm³/mol. The predicted octanol–water partition coefficient (Wildman–Crippen LogP) is 2.21. The normalized spacial score (nSPS) is 43.8. The largest absolute Gasteiger partial charge is 0.377 e. The quantitative estimate of drug-likeness (QED) is 0.501. The van der Waals surface area contributed by atoms with Gasteiger partial charge in [-0.1, -0.05) is 13.8 Å². The molecule has 1 saturated carbocycles. The monoisotopic (exact) mass is 140 g/mol. The summed E-state index contributed by atoms with van der Waals surface area (Å²) >= 11 is 0. The summed E-state index contributed by atoms with van der Waals surface area (Å²) in [7, 11) is 0.